The number of hydrogen-bond acceptors (Lipinski definition) is 4. The maximum absolute atomic E-state index is 12.6. The summed E-state index contributed by atoms with van der Waals surface area (Å²) in [5.74, 6) is 0.145. The van der Waals surface area contributed by atoms with Crippen LogP contribution in [0.25, 0.3) is 0 Å². The summed E-state index contributed by atoms with van der Waals surface area (Å²) in [4.78, 5) is 15.4. The van der Waals surface area contributed by atoms with Crippen molar-refractivity contribution >= 4 is 17.1 Å². The molecule has 0 unspecified atom stereocenters. The van der Waals surface area contributed by atoms with E-state index in [0.29, 0.717) is 6.54 Å². The highest BCUT2D eigenvalue weighted by Crippen LogP contribution is 2.23. The number of likely N-dealkylation sites (N-methyl/N-ethyl adjacent to an activating group) is 1. The molecule has 0 spiro atoms. The Morgan fingerprint density at radius 1 is 1.38 bits per heavy atom. The molecule has 21 heavy (non-hydrogen) atoms. The molecule has 1 heterocycles. The molecule has 3 nitrogen and oxygen atoms in total. The molecule has 118 valence electrons. The molecule has 4 heteroatoms. The highest BCUT2D eigenvalue weighted by molar-refractivity contribution is 7.12. The van der Waals surface area contributed by atoms with Crippen LogP contribution in [-0.4, -0.2) is 42.5 Å². The fourth-order valence-corrected chi connectivity index (χ4v) is 2.60. The Morgan fingerprint density at radius 3 is 2.62 bits per heavy atom. The third-order valence-electron chi connectivity index (χ3n) is 3.24. The number of carbonyl (C=O) groups is 1. The first-order chi connectivity index (χ1) is 9.83. The van der Waals surface area contributed by atoms with E-state index in [1.165, 1.54) is 11.3 Å². The van der Waals surface area contributed by atoms with Gasteiger partial charge >= 0.3 is 0 Å². The number of carbonyl (C=O) groups excluding carboxylic acids is 1. The van der Waals surface area contributed by atoms with E-state index in [0.717, 1.165) is 29.8 Å². The molecule has 0 aliphatic carbocycles. The minimum Gasteiger partial charge on any atom is -0.395 e. The number of Topliss-reactive ketones (excluding diaryl/α,β-unsaturated/α-hetero) is 1. The zero-order valence-electron chi connectivity index (χ0n) is 13.6. The molecule has 1 aromatic heterocycles. The molecule has 0 aliphatic rings. The van der Waals surface area contributed by atoms with E-state index >= 15 is 0 Å². The predicted molar refractivity (Wildman–Crippen MR) is 90.0 cm³/mol. The van der Waals surface area contributed by atoms with Crippen molar-refractivity contribution in [1.82, 2.24) is 4.90 Å². The van der Waals surface area contributed by atoms with Crippen molar-refractivity contribution < 1.29 is 9.90 Å². The summed E-state index contributed by atoms with van der Waals surface area (Å²) >= 11 is 1.49. The van der Waals surface area contributed by atoms with Crippen molar-refractivity contribution in [2.75, 3.05) is 26.7 Å². The number of aliphatic hydroxyl groups excluding tert-OH is 1. The summed E-state index contributed by atoms with van der Waals surface area (Å²) in [7, 11) is 1.97. The minimum absolute atomic E-state index is 0.145. The van der Waals surface area contributed by atoms with Gasteiger partial charge in [-0.2, -0.15) is 0 Å². The average molecular weight is 309 g/mol. The van der Waals surface area contributed by atoms with Crippen molar-refractivity contribution in [2.24, 2.45) is 5.41 Å². The van der Waals surface area contributed by atoms with Crippen LogP contribution >= 0.6 is 11.3 Å². The van der Waals surface area contributed by atoms with E-state index in [4.69, 9.17) is 5.11 Å². The maximum Gasteiger partial charge on any atom is 0.198 e. The topological polar surface area (TPSA) is 40.5 Å². The Hall–Kier alpha value is -0.970. The van der Waals surface area contributed by atoms with Gasteiger partial charge in [0.05, 0.1) is 11.5 Å². The summed E-state index contributed by atoms with van der Waals surface area (Å²) in [6, 6.07) is 3.80. The molecule has 1 aromatic rings. The van der Waals surface area contributed by atoms with Gasteiger partial charge in [0.1, 0.15) is 0 Å². The zero-order valence-corrected chi connectivity index (χ0v) is 14.4. The van der Waals surface area contributed by atoms with Gasteiger partial charge in [0.2, 0.25) is 0 Å². The van der Waals surface area contributed by atoms with Crippen LogP contribution in [0.15, 0.2) is 29.2 Å². The van der Waals surface area contributed by atoms with E-state index in [2.05, 4.69) is 26.8 Å². The van der Waals surface area contributed by atoms with Crippen molar-refractivity contribution in [3.05, 3.63) is 34.0 Å². The molecular weight excluding hydrogens is 282 g/mol. The van der Waals surface area contributed by atoms with Gasteiger partial charge in [-0.3, -0.25) is 4.79 Å². The number of ketones is 1. The van der Waals surface area contributed by atoms with Gasteiger partial charge in [0.15, 0.2) is 5.78 Å². The molecule has 0 atom stereocenters. The van der Waals surface area contributed by atoms with E-state index in [1.807, 2.05) is 29.5 Å². The predicted octanol–water partition coefficient (Wildman–Crippen LogP) is 3.61. The normalized spacial score (nSPS) is 13.0. The standard InChI is InChI=1S/C17H27NO2S/c1-17(2,3)9-7-14(8-10-18(4)11-12-19)16(20)15-6-5-13-21-15/h5-7,13,19H,8-12H2,1-4H3/b14-7-. The number of allylic oxidation sites excluding steroid dienone is 1. The fourth-order valence-electron chi connectivity index (χ4n) is 1.90. The molecule has 0 amide bonds. The number of rotatable bonds is 8. The van der Waals surface area contributed by atoms with Crippen LogP contribution in [0.2, 0.25) is 0 Å². The largest absolute Gasteiger partial charge is 0.395 e. The first-order valence-corrected chi connectivity index (χ1v) is 8.28. The lowest BCUT2D eigenvalue weighted by Crippen LogP contribution is -2.24. The first-order valence-electron chi connectivity index (χ1n) is 7.40. The second kappa shape index (κ2) is 8.47. The summed E-state index contributed by atoms with van der Waals surface area (Å²) in [6.45, 7) is 8.10. The van der Waals surface area contributed by atoms with Crippen molar-refractivity contribution in [3.63, 3.8) is 0 Å². The quantitative estimate of drug-likeness (QED) is 0.589. The second-order valence-electron chi connectivity index (χ2n) is 6.58. The van der Waals surface area contributed by atoms with Crippen molar-refractivity contribution in [2.45, 2.75) is 33.6 Å². The van der Waals surface area contributed by atoms with Crippen LogP contribution in [0.5, 0.6) is 0 Å². The lowest BCUT2D eigenvalue weighted by Gasteiger charge is -2.18. The second-order valence-corrected chi connectivity index (χ2v) is 7.53. The Morgan fingerprint density at radius 2 is 2.10 bits per heavy atom. The lowest BCUT2D eigenvalue weighted by atomic mass is 9.90. The Labute approximate surface area is 132 Å². The van der Waals surface area contributed by atoms with Gasteiger partial charge in [-0.15, -0.1) is 11.3 Å². The van der Waals surface area contributed by atoms with Crippen LogP contribution < -0.4 is 0 Å². The molecule has 0 radical (unpaired) electrons. The van der Waals surface area contributed by atoms with E-state index in [-0.39, 0.29) is 17.8 Å². The Bertz CT molecular complexity index is 458. The smallest absolute Gasteiger partial charge is 0.198 e. The van der Waals surface area contributed by atoms with Gasteiger partial charge in [-0.1, -0.05) is 32.9 Å². The van der Waals surface area contributed by atoms with Crippen molar-refractivity contribution in [3.8, 4) is 0 Å². The number of hydrogen-bond donors (Lipinski definition) is 1. The van der Waals surface area contributed by atoms with Crippen LogP contribution in [0, 0.1) is 5.41 Å². The van der Waals surface area contributed by atoms with E-state index in [9.17, 15) is 4.79 Å². The minimum atomic E-state index is 0.145. The molecule has 0 bridgehead atoms. The summed E-state index contributed by atoms with van der Waals surface area (Å²) in [5, 5.41) is 10.9. The molecule has 0 aromatic carbocycles. The molecule has 0 saturated carbocycles. The van der Waals surface area contributed by atoms with Gasteiger partial charge < -0.3 is 10.0 Å². The summed E-state index contributed by atoms with van der Waals surface area (Å²) < 4.78 is 0. The molecule has 1 N–H and O–H groups in total. The monoisotopic (exact) mass is 309 g/mol. The van der Waals surface area contributed by atoms with Gasteiger partial charge in [0, 0.05) is 13.1 Å². The molecule has 0 aliphatic heterocycles. The van der Waals surface area contributed by atoms with E-state index < -0.39 is 0 Å². The summed E-state index contributed by atoms with van der Waals surface area (Å²) in [5.41, 5.74) is 1.06. The highest BCUT2D eigenvalue weighted by atomic mass is 32.1. The first kappa shape index (κ1) is 18.1. The third kappa shape index (κ3) is 7.02. The van der Waals surface area contributed by atoms with Gasteiger partial charge in [-0.25, -0.2) is 0 Å². The third-order valence-corrected chi connectivity index (χ3v) is 4.11. The Kier molecular flexibility index (Phi) is 7.29. The van der Waals surface area contributed by atoms with Crippen LogP contribution in [-0.2, 0) is 0 Å². The number of nitrogens with zero attached hydrogens (tertiary/aromatic N) is 1. The van der Waals surface area contributed by atoms with Crippen LogP contribution in [0.1, 0.15) is 43.3 Å². The Balaban J connectivity index is 2.77. The van der Waals surface area contributed by atoms with Crippen LogP contribution in [0.3, 0.4) is 0 Å². The molecule has 1 rings (SSSR count). The number of thiophene rings is 1. The average Bonchev–Trinajstić information content (AvgIpc) is 2.91. The van der Waals surface area contributed by atoms with Gasteiger partial charge in [-0.05, 0) is 42.3 Å². The molecule has 0 saturated heterocycles. The molecule has 0 fully saturated rings. The SMILES string of the molecule is CN(CCO)CC/C(=C/CC(C)(C)C)C(=O)c1cccs1. The van der Waals surface area contributed by atoms with Crippen molar-refractivity contribution in [1.29, 1.82) is 0 Å². The highest BCUT2D eigenvalue weighted by Gasteiger charge is 2.16. The lowest BCUT2D eigenvalue weighted by molar-refractivity contribution is 0.103. The maximum atomic E-state index is 12.6. The number of aliphatic hydroxyl groups is 1. The van der Waals surface area contributed by atoms with E-state index in [1.54, 1.807) is 0 Å². The fraction of sp³-hybridized carbons (Fsp3) is 0.588. The molecular formula is C17H27NO2S. The van der Waals surface area contributed by atoms with Gasteiger partial charge in [0.25, 0.3) is 0 Å². The summed E-state index contributed by atoms with van der Waals surface area (Å²) in [6.07, 6.45) is 3.71. The zero-order chi connectivity index (χ0) is 15.9. The van der Waals surface area contributed by atoms with Crippen LogP contribution in [0.4, 0.5) is 0 Å².